The fraction of sp³-hybridized carbons (Fsp3) is 0.389. The third kappa shape index (κ3) is 3.16. The van der Waals surface area contributed by atoms with Gasteiger partial charge in [0.25, 0.3) is 0 Å². The van der Waals surface area contributed by atoms with Crippen molar-refractivity contribution in [3.63, 3.8) is 0 Å². The molecule has 1 unspecified atom stereocenters. The predicted molar refractivity (Wildman–Crippen MR) is 95.5 cm³/mol. The molecule has 26 heavy (non-hydrogen) atoms. The number of hydrogen-bond donors (Lipinski definition) is 0. The highest BCUT2D eigenvalue weighted by molar-refractivity contribution is 5.45. The molecule has 0 saturated carbocycles. The van der Waals surface area contributed by atoms with E-state index in [-0.39, 0.29) is 0 Å². The second kappa shape index (κ2) is 6.96. The van der Waals surface area contributed by atoms with Crippen molar-refractivity contribution in [2.24, 2.45) is 7.05 Å². The zero-order valence-corrected chi connectivity index (χ0v) is 14.7. The molecule has 0 aromatic carbocycles. The number of piperidine rings is 1. The smallest absolute Gasteiger partial charge is 0.152 e. The SMILES string of the molecule is Cn1c(Cn2ccnc2)nnc1C1CCCN(c2cc(C#N)ccn2)C1. The van der Waals surface area contributed by atoms with Crippen LogP contribution in [0.1, 0.15) is 36.0 Å². The summed E-state index contributed by atoms with van der Waals surface area (Å²) in [4.78, 5) is 10.7. The maximum absolute atomic E-state index is 9.11. The number of rotatable bonds is 4. The first-order chi connectivity index (χ1) is 12.7. The summed E-state index contributed by atoms with van der Waals surface area (Å²) in [6.45, 7) is 2.43. The fourth-order valence-electron chi connectivity index (χ4n) is 3.47. The Hall–Kier alpha value is -3.21. The Morgan fingerprint density at radius 1 is 1.31 bits per heavy atom. The van der Waals surface area contributed by atoms with Crippen molar-refractivity contribution in [1.82, 2.24) is 29.3 Å². The molecular weight excluding hydrogens is 328 g/mol. The first-order valence-electron chi connectivity index (χ1n) is 8.69. The lowest BCUT2D eigenvalue weighted by molar-refractivity contribution is 0.475. The minimum atomic E-state index is 0.297. The van der Waals surface area contributed by atoms with Crippen molar-refractivity contribution in [2.45, 2.75) is 25.3 Å². The molecule has 0 aliphatic carbocycles. The Morgan fingerprint density at radius 3 is 3.04 bits per heavy atom. The van der Waals surface area contributed by atoms with Gasteiger partial charge in [0, 0.05) is 44.6 Å². The summed E-state index contributed by atoms with van der Waals surface area (Å²) < 4.78 is 4.07. The molecule has 1 saturated heterocycles. The third-order valence-corrected chi connectivity index (χ3v) is 4.87. The largest absolute Gasteiger partial charge is 0.356 e. The minimum Gasteiger partial charge on any atom is -0.356 e. The second-order valence-electron chi connectivity index (χ2n) is 6.57. The minimum absolute atomic E-state index is 0.297. The van der Waals surface area contributed by atoms with Crippen molar-refractivity contribution < 1.29 is 0 Å². The molecule has 1 aliphatic heterocycles. The van der Waals surface area contributed by atoms with Crippen LogP contribution in [0.5, 0.6) is 0 Å². The van der Waals surface area contributed by atoms with Gasteiger partial charge in [0.2, 0.25) is 0 Å². The lowest BCUT2D eigenvalue weighted by atomic mass is 9.97. The van der Waals surface area contributed by atoms with Crippen molar-refractivity contribution in [3.05, 3.63) is 54.3 Å². The lowest BCUT2D eigenvalue weighted by Gasteiger charge is -2.33. The quantitative estimate of drug-likeness (QED) is 0.713. The van der Waals surface area contributed by atoms with Gasteiger partial charge in [-0.05, 0) is 25.0 Å². The highest BCUT2D eigenvalue weighted by atomic mass is 15.3. The monoisotopic (exact) mass is 348 g/mol. The molecule has 3 aromatic heterocycles. The van der Waals surface area contributed by atoms with Crippen LogP contribution in [0.3, 0.4) is 0 Å². The number of anilines is 1. The highest BCUT2D eigenvalue weighted by Gasteiger charge is 2.26. The van der Waals surface area contributed by atoms with Crippen LogP contribution in [-0.2, 0) is 13.6 Å². The maximum atomic E-state index is 9.11. The van der Waals surface area contributed by atoms with Crippen LogP contribution in [0.15, 0.2) is 37.1 Å². The fourth-order valence-corrected chi connectivity index (χ4v) is 3.47. The normalized spacial score (nSPS) is 17.2. The van der Waals surface area contributed by atoms with Crippen LogP contribution in [-0.4, -0.2) is 42.4 Å². The van der Waals surface area contributed by atoms with Gasteiger partial charge in [-0.15, -0.1) is 10.2 Å². The predicted octanol–water partition coefficient (Wildman–Crippen LogP) is 1.71. The summed E-state index contributed by atoms with van der Waals surface area (Å²) in [6, 6.07) is 5.77. The molecule has 1 atom stereocenters. The summed E-state index contributed by atoms with van der Waals surface area (Å²) in [6.07, 6.45) is 9.30. The average molecular weight is 348 g/mol. The highest BCUT2D eigenvalue weighted by Crippen LogP contribution is 2.28. The summed E-state index contributed by atoms with van der Waals surface area (Å²) in [5.74, 6) is 3.07. The summed E-state index contributed by atoms with van der Waals surface area (Å²) in [5.41, 5.74) is 0.637. The summed E-state index contributed by atoms with van der Waals surface area (Å²) >= 11 is 0. The van der Waals surface area contributed by atoms with Crippen LogP contribution < -0.4 is 4.90 Å². The van der Waals surface area contributed by atoms with Crippen molar-refractivity contribution >= 4 is 5.82 Å². The first-order valence-corrected chi connectivity index (χ1v) is 8.69. The molecule has 8 nitrogen and oxygen atoms in total. The summed E-state index contributed by atoms with van der Waals surface area (Å²) in [5, 5.41) is 18.0. The molecule has 0 amide bonds. The number of hydrogen-bond acceptors (Lipinski definition) is 6. The Balaban J connectivity index is 1.53. The molecule has 3 aromatic rings. The van der Waals surface area contributed by atoms with E-state index in [4.69, 9.17) is 5.26 Å². The van der Waals surface area contributed by atoms with E-state index >= 15 is 0 Å². The molecule has 1 aliphatic rings. The standard InChI is InChI=1S/C18H20N8/c1-24-17(12-25-8-6-20-13-25)22-23-18(24)15-3-2-7-26(11-15)16-9-14(10-19)4-5-21-16/h4-6,8-9,13,15H,2-3,7,11-12H2,1H3. The van der Waals surface area contributed by atoms with E-state index in [1.165, 1.54) is 0 Å². The van der Waals surface area contributed by atoms with Gasteiger partial charge in [-0.3, -0.25) is 0 Å². The maximum Gasteiger partial charge on any atom is 0.152 e. The van der Waals surface area contributed by atoms with Gasteiger partial charge in [-0.25, -0.2) is 9.97 Å². The topological polar surface area (TPSA) is 88.5 Å². The number of nitrogens with zero attached hydrogens (tertiary/aromatic N) is 8. The van der Waals surface area contributed by atoms with E-state index in [1.54, 1.807) is 24.8 Å². The third-order valence-electron chi connectivity index (χ3n) is 4.87. The van der Waals surface area contributed by atoms with Crippen molar-refractivity contribution in [1.29, 1.82) is 5.26 Å². The molecule has 0 bridgehead atoms. The Kier molecular flexibility index (Phi) is 4.35. The van der Waals surface area contributed by atoms with E-state index in [9.17, 15) is 0 Å². The molecule has 1 fully saturated rings. The molecule has 0 N–H and O–H groups in total. The molecular formula is C18H20N8. The van der Waals surface area contributed by atoms with Crippen LogP contribution >= 0.6 is 0 Å². The molecule has 132 valence electrons. The second-order valence-corrected chi connectivity index (χ2v) is 6.57. The van der Waals surface area contributed by atoms with Crippen LogP contribution in [0, 0.1) is 11.3 Å². The zero-order chi connectivity index (χ0) is 17.9. The Bertz CT molecular complexity index is 921. The lowest BCUT2D eigenvalue weighted by Crippen LogP contribution is -2.35. The molecule has 4 heterocycles. The van der Waals surface area contributed by atoms with E-state index in [0.717, 1.165) is 43.4 Å². The van der Waals surface area contributed by atoms with Crippen molar-refractivity contribution in [3.8, 4) is 6.07 Å². The van der Waals surface area contributed by atoms with E-state index in [1.807, 2.05) is 23.9 Å². The van der Waals surface area contributed by atoms with E-state index in [0.29, 0.717) is 18.0 Å². The van der Waals surface area contributed by atoms with Gasteiger partial charge in [-0.2, -0.15) is 5.26 Å². The van der Waals surface area contributed by atoms with E-state index < -0.39 is 0 Å². The zero-order valence-electron chi connectivity index (χ0n) is 14.7. The van der Waals surface area contributed by atoms with Gasteiger partial charge in [-0.1, -0.05) is 0 Å². The first kappa shape index (κ1) is 16.3. The van der Waals surface area contributed by atoms with Gasteiger partial charge in [0.1, 0.15) is 11.6 Å². The molecule has 0 radical (unpaired) electrons. The number of nitriles is 1. The molecule has 0 spiro atoms. The van der Waals surface area contributed by atoms with Gasteiger partial charge >= 0.3 is 0 Å². The summed E-state index contributed by atoms with van der Waals surface area (Å²) in [7, 11) is 2.02. The molecule has 4 rings (SSSR count). The van der Waals surface area contributed by atoms with Gasteiger partial charge < -0.3 is 14.0 Å². The number of pyridine rings is 1. The van der Waals surface area contributed by atoms with Gasteiger partial charge in [0.15, 0.2) is 5.82 Å². The van der Waals surface area contributed by atoms with Crippen LogP contribution in [0.4, 0.5) is 5.82 Å². The van der Waals surface area contributed by atoms with Crippen LogP contribution in [0.2, 0.25) is 0 Å². The van der Waals surface area contributed by atoms with Crippen molar-refractivity contribution in [2.75, 3.05) is 18.0 Å². The molecule has 8 heteroatoms. The Morgan fingerprint density at radius 2 is 2.23 bits per heavy atom. The Labute approximate surface area is 151 Å². The number of aromatic nitrogens is 6. The average Bonchev–Trinajstić information content (AvgIpc) is 3.33. The van der Waals surface area contributed by atoms with E-state index in [2.05, 4.69) is 35.7 Å². The van der Waals surface area contributed by atoms with Gasteiger partial charge in [0.05, 0.1) is 24.5 Å². The number of imidazole rings is 1. The van der Waals surface area contributed by atoms with Crippen LogP contribution in [0.25, 0.3) is 0 Å².